The van der Waals surface area contributed by atoms with Crippen LogP contribution in [0.15, 0.2) is 60.7 Å². The predicted molar refractivity (Wildman–Crippen MR) is 122 cm³/mol. The smallest absolute Gasteiger partial charge is 0.183 e. The number of halogens is 3. The summed E-state index contributed by atoms with van der Waals surface area (Å²) in [5, 5.41) is 0. The molecule has 5 rings (SSSR count). The van der Waals surface area contributed by atoms with Crippen molar-refractivity contribution in [2.24, 2.45) is 0 Å². The quantitative estimate of drug-likeness (QED) is 0.458. The summed E-state index contributed by atoms with van der Waals surface area (Å²) in [6, 6.07) is 18.7. The van der Waals surface area contributed by atoms with Gasteiger partial charge in [-0.05, 0) is 13.8 Å². The number of hydrogen-bond donors (Lipinski definition) is 0. The van der Waals surface area contributed by atoms with Crippen LogP contribution in [0, 0.1) is 13.8 Å². The van der Waals surface area contributed by atoms with Crippen LogP contribution in [-0.2, 0) is 6.18 Å². The number of rotatable bonds is 2. The Balaban J connectivity index is 1.80. The zero-order chi connectivity index (χ0) is 23.5. The fourth-order valence-corrected chi connectivity index (χ4v) is 5.20. The van der Waals surface area contributed by atoms with Gasteiger partial charge in [0.05, 0.1) is 5.56 Å². The van der Waals surface area contributed by atoms with E-state index in [9.17, 15) is 13.2 Å². The number of para-hydroxylation sites is 2. The van der Waals surface area contributed by atoms with Gasteiger partial charge in [0.15, 0.2) is 0 Å². The Bertz CT molecular complexity index is 1260. The molecule has 0 amide bonds. The summed E-state index contributed by atoms with van der Waals surface area (Å²) < 4.78 is 48.3. The third-order valence-electron chi connectivity index (χ3n) is 6.95. The van der Waals surface area contributed by atoms with Crippen LogP contribution in [-0.4, -0.2) is 33.7 Å². The number of benzene rings is 2. The van der Waals surface area contributed by atoms with E-state index in [4.69, 9.17) is 0 Å². The van der Waals surface area contributed by atoms with Gasteiger partial charge in [0, 0.05) is 49.2 Å². The van der Waals surface area contributed by atoms with Crippen LogP contribution in [0.5, 0.6) is 0 Å². The first-order valence-corrected chi connectivity index (χ1v) is 11.2. The number of aryl methyl sites for hydroxylation is 2. The Morgan fingerprint density at radius 2 is 1.12 bits per heavy atom. The van der Waals surface area contributed by atoms with E-state index >= 15 is 0 Å². The first-order chi connectivity index (χ1) is 15.7. The molecule has 0 N–H and O–H groups in total. The van der Waals surface area contributed by atoms with E-state index in [1.54, 1.807) is 0 Å². The molecule has 2 aliphatic rings. The number of alkyl halides is 3. The molecule has 1 aromatic heterocycles. The van der Waals surface area contributed by atoms with Gasteiger partial charge in [0.25, 0.3) is 28.9 Å². The third-order valence-corrected chi connectivity index (χ3v) is 6.95. The monoisotopic (exact) mass is 450 g/mol. The van der Waals surface area contributed by atoms with Crippen molar-refractivity contribution >= 4 is 22.8 Å². The van der Waals surface area contributed by atoms with Crippen LogP contribution in [0.3, 0.4) is 0 Å². The van der Waals surface area contributed by atoms with Gasteiger partial charge in [-0.1, -0.05) is 36.4 Å². The molecule has 3 aromatic rings. The zero-order valence-electron chi connectivity index (χ0n) is 19.2. The highest BCUT2D eigenvalue weighted by molar-refractivity contribution is 5.96. The standard InChI is InChI=1S/C27H27F3N3/c1-17-9-5-7-11-23(17)31-15-22-16-32(24-12-8-6-10-18(24)2)20(4)26-14-21(27(28,29)30)13-25(19(31)3)33(22)26/h5-14,22H,15-16H2,1-4H3/q+3. The fraction of sp³-hybridized carbons (Fsp3) is 0.296. The first kappa shape index (κ1) is 21.6. The molecule has 0 fully saturated rings. The predicted octanol–water partition coefficient (Wildman–Crippen LogP) is 5.48. The average molecular weight is 451 g/mol. The number of nitrogens with zero attached hydrogens (tertiary/aromatic N) is 3. The Hall–Kier alpha value is -3.28. The van der Waals surface area contributed by atoms with Crippen molar-refractivity contribution in [3.63, 3.8) is 0 Å². The summed E-state index contributed by atoms with van der Waals surface area (Å²) in [6.45, 7) is 9.33. The van der Waals surface area contributed by atoms with Gasteiger partial charge in [0.1, 0.15) is 0 Å². The van der Waals surface area contributed by atoms with Gasteiger partial charge in [-0.3, -0.25) is 0 Å². The van der Waals surface area contributed by atoms with Crippen LogP contribution < -0.4 is 4.57 Å². The molecule has 0 aliphatic carbocycles. The molecule has 0 saturated carbocycles. The van der Waals surface area contributed by atoms with Gasteiger partial charge < -0.3 is 0 Å². The van der Waals surface area contributed by atoms with E-state index in [1.807, 2.05) is 76.2 Å². The highest BCUT2D eigenvalue weighted by atomic mass is 19.4. The second-order valence-electron chi connectivity index (χ2n) is 9.00. The highest BCUT2D eigenvalue weighted by Gasteiger charge is 2.50. The molecule has 0 spiro atoms. The Morgan fingerprint density at radius 3 is 1.52 bits per heavy atom. The van der Waals surface area contributed by atoms with Crippen molar-refractivity contribution in [1.82, 2.24) is 0 Å². The molecule has 3 nitrogen and oxygen atoms in total. The molecular formula is C27H27F3N3+3. The lowest BCUT2D eigenvalue weighted by Crippen LogP contribution is -2.61. The molecule has 2 aromatic carbocycles. The highest BCUT2D eigenvalue weighted by Crippen LogP contribution is 2.34. The molecule has 6 heteroatoms. The molecule has 2 aliphatic heterocycles. The fourth-order valence-electron chi connectivity index (χ4n) is 5.20. The van der Waals surface area contributed by atoms with Crippen molar-refractivity contribution in [3.05, 3.63) is 88.7 Å². The third kappa shape index (κ3) is 3.48. The van der Waals surface area contributed by atoms with Crippen LogP contribution >= 0.6 is 0 Å². The molecule has 0 saturated heterocycles. The van der Waals surface area contributed by atoms with Crippen molar-refractivity contribution < 1.29 is 26.9 Å². The van der Waals surface area contributed by atoms with Gasteiger partial charge >= 0.3 is 6.18 Å². The minimum atomic E-state index is -4.42. The van der Waals surface area contributed by atoms with Crippen molar-refractivity contribution in [3.8, 4) is 0 Å². The maximum atomic E-state index is 14.0. The first-order valence-electron chi connectivity index (χ1n) is 11.2. The molecule has 33 heavy (non-hydrogen) atoms. The van der Waals surface area contributed by atoms with Crippen molar-refractivity contribution in [2.75, 3.05) is 13.1 Å². The lowest BCUT2D eigenvalue weighted by Gasteiger charge is -2.25. The Labute approximate surface area is 191 Å². The summed E-state index contributed by atoms with van der Waals surface area (Å²) >= 11 is 0. The lowest BCUT2D eigenvalue weighted by molar-refractivity contribution is -0.781. The number of hydrogen-bond acceptors (Lipinski definition) is 0. The minimum absolute atomic E-state index is 0.00361. The van der Waals surface area contributed by atoms with Crippen LogP contribution in [0.25, 0.3) is 0 Å². The Morgan fingerprint density at radius 1 is 0.697 bits per heavy atom. The minimum Gasteiger partial charge on any atom is -0.183 e. The second-order valence-corrected chi connectivity index (χ2v) is 9.00. The maximum absolute atomic E-state index is 14.0. The molecule has 168 valence electrons. The van der Waals surface area contributed by atoms with Crippen LogP contribution in [0.2, 0.25) is 0 Å². The average Bonchev–Trinajstić information content (AvgIpc) is 2.78. The van der Waals surface area contributed by atoms with E-state index < -0.39 is 11.7 Å². The zero-order valence-corrected chi connectivity index (χ0v) is 19.2. The maximum Gasteiger partial charge on any atom is 0.416 e. The largest absolute Gasteiger partial charge is 0.416 e. The van der Waals surface area contributed by atoms with E-state index in [0.29, 0.717) is 24.5 Å². The van der Waals surface area contributed by atoms with Gasteiger partial charge in [-0.25, -0.2) is 0 Å². The SMILES string of the molecule is CC1=[N+](c2ccccc2C)CC2C[N+](c3ccccc3C)=C(C)c3cc(C(F)(F)F)cc1[n+]32. The van der Waals surface area contributed by atoms with Gasteiger partial charge in [-0.2, -0.15) is 26.9 Å². The van der Waals surface area contributed by atoms with Crippen LogP contribution in [0.1, 0.15) is 48.0 Å². The summed E-state index contributed by atoms with van der Waals surface area (Å²) in [5.74, 6) is 0. The molecule has 3 heterocycles. The second kappa shape index (κ2) is 7.65. The van der Waals surface area contributed by atoms with Crippen LogP contribution in [0.4, 0.5) is 24.5 Å². The summed E-state index contributed by atoms with van der Waals surface area (Å²) in [7, 11) is 0. The van der Waals surface area contributed by atoms with E-state index in [-0.39, 0.29) is 6.04 Å². The van der Waals surface area contributed by atoms with Gasteiger partial charge in [-0.15, -0.1) is 0 Å². The number of aromatic nitrogens is 1. The lowest BCUT2D eigenvalue weighted by atomic mass is 9.99. The topological polar surface area (TPSA) is 9.90 Å². The molecule has 0 bridgehead atoms. The summed E-state index contributed by atoms with van der Waals surface area (Å²) in [6.07, 6.45) is -4.42. The van der Waals surface area contributed by atoms with E-state index in [1.165, 1.54) is 12.1 Å². The van der Waals surface area contributed by atoms with E-state index in [0.717, 1.165) is 33.9 Å². The van der Waals surface area contributed by atoms with Crippen molar-refractivity contribution in [1.29, 1.82) is 0 Å². The normalized spacial score (nSPS) is 16.3. The number of pyridine rings is 1. The summed E-state index contributed by atoms with van der Waals surface area (Å²) in [4.78, 5) is 0. The molecular weight excluding hydrogens is 423 g/mol. The molecule has 0 atom stereocenters. The molecule has 0 radical (unpaired) electrons. The molecule has 0 unspecified atom stereocenters. The van der Waals surface area contributed by atoms with Crippen molar-refractivity contribution in [2.45, 2.75) is 39.9 Å². The van der Waals surface area contributed by atoms with E-state index in [2.05, 4.69) is 13.7 Å². The Kier molecular flexibility index (Phi) is 5.00. The summed E-state index contributed by atoms with van der Waals surface area (Å²) in [5.41, 5.74) is 6.60. The van der Waals surface area contributed by atoms with Gasteiger partial charge in [0.2, 0.25) is 24.5 Å².